The Bertz CT molecular complexity index is 1930. The SMILES string of the molecule is O=c1[nH]c2ccc(Br)cc2c(-c2ccccc2)c1C1=NNC(c2cn(-c3ccccc3)nc2-c2ccccc2)C1. The number of benzene rings is 4. The lowest BCUT2D eigenvalue weighted by Gasteiger charge is -2.14. The molecular weight excluding hydrogens is 562 g/mol. The number of nitrogens with one attached hydrogen (secondary N) is 2. The zero-order valence-electron chi connectivity index (χ0n) is 21.4. The fourth-order valence-corrected chi connectivity index (χ4v) is 5.76. The number of nitrogens with zero attached hydrogens (tertiary/aromatic N) is 3. The van der Waals surface area contributed by atoms with Gasteiger partial charge in [-0.2, -0.15) is 10.2 Å². The summed E-state index contributed by atoms with van der Waals surface area (Å²) in [5.74, 6) is 0. The molecule has 194 valence electrons. The maximum Gasteiger partial charge on any atom is 0.258 e. The highest BCUT2D eigenvalue weighted by Gasteiger charge is 2.30. The number of para-hydroxylation sites is 1. The molecular formula is C33H24BrN5O. The van der Waals surface area contributed by atoms with E-state index in [-0.39, 0.29) is 11.6 Å². The summed E-state index contributed by atoms with van der Waals surface area (Å²) in [4.78, 5) is 16.7. The van der Waals surface area contributed by atoms with Crippen molar-refractivity contribution in [3.8, 4) is 28.1 Å². The molecule has 0 saturated carbocycles. The summed E-state index contributed by atoms with van der Waals surface area (Å²) < 4.78 is 2.85. The van der Waals surface area contributed by atoms with Crippen molar-refractivity contribution >= 4 is 32.5 Å². The van der Waals surface area contributed by atoms with Crippen molar-refractivity contribution in [3.05, 3.63) is 141 Å². The summed E-state index contributed by atoms with van der Waals surface area (Å²) in [5, 5.41) is 10.7. The van der Waals surface area contributed by atoms with Gasteiger partial charge in [0.05, 0.1) is 28.7 Å². The molecule has 0 saturated heterocycles. The molecule has 0 radical (unpaired) electrons. The third kappa shape index (κ3) is 4.34. The summed E-state index contributed by atoms with van der Waals surface area (Å²) >= 11 is 3.61. The summed E-state index contributed by atoms with van der Waals surface area (Å²) in [6.45, 7) is 0. The second kappa shape index (κ2) is 10.1. The van der Waals surface area contributed by atoms with Crippen molar-refractivity contribution in [2.45, 2.75) is 12.5 Å². The predicted octanol–water partition coefficient (Wildman–Crippen LogP) is 7.25. The highest BCUT2D eigenvalue weighted by molar-refractivity contribution is 9.10. The number of hydrogen-bond acceptors (Lipinski definition) is 4. The lowest BCUT2D eigenvalue weighted by molar-refractivity contribution is 0.621. The average molecular weight is 586 g/mol. The first-order valence-corrected chi connectivity index (χ1v) is 13.9. The predicted molar refractivity (Wildman–Crippen MR) is 164 cm³/mol. The molecule has 6 nitrogen and oxygen atoms in total. The zero-order chi connectivity index (χ0) is 27.1. The van der Waals surface area contributed by atoms with Gasteiger partial charge in [0.25, 0.3) is 5.56 Å². The lowest BCUT2D eigenvalue weighted by atomic mass is 9.91. The average Bonchev–Trinajstić information content (AvgIpc) is 3.66. The Morgan fingerprint density at radius 3 is 2.20 bits per heavy atom. The van der Waals surface area contributed by atoms with E-state index in [2.05, 4.69) is 50.7 Å². The van der Waals surface area contributed by atoms with Crippen LogP contribution in [-0.2, 0) is 0 Å². The van der Waals surface area contributed by atoms with Crippen LogP contribution in [0.1, 0.15) is 23.6 Å². The van der Waals surface area contributed by atoms with Crippen LogP contribution in [-0.4, -0.2) is 20.5 Å². The number of fused-ring (bicyclic) bond motifs is 1. The second-order valence-electron chi connectivity index (χ2n) is 9.78. The number of H-pyrrole nitrogens is 1. The molecule has 7 rings (SSSR count). The number of pyridine rings is 1. The summed E-state index contributed by atoms with van der Waals surface area (Å²) in [5.41, 5.74) is 11.0. The van der Waals surface area contributed by atoms with Gasteiger partial charge in [0.15, 0.2) is 0 Å². The number of aromatic nitrogens is 3. The minimum Gasteiger partial charge on any atom is -0.321 e. The van der Waals surface area contributed by atoms with Gasteiger partial charge in [-0.25, -0.2) is 4.68 Å². The molecule has 2 N–H and O–H groups in total. The van der Waals surface area contributed by atoms with Gasteiger partial charge in [0, 0.05) is 44.7 Å². The van der Waals surface area contributed by atoms with Crippen LogP contribution >= 0.6 is 15.9 Å². The Morgan fingerprint density at radius 1 is 0.800 bits per heavy atom. The van der Waals surface area contributed by atoms with Crippen molar-refractivity contribution < 1.29 is 0 Å². The van der Waals surface area contributed by atoms with Gasteiger partial charge in [0.2, 0.25) is 0 Å². The maximum absolute atomic E-state index is 13.6. The molecule has 4 aromatic carbocycles. The van der Waals surface area contributed by atoms with Gasteiger partial charge < -0.3 is 10.4 Å². The van der Waals surface area contributed by atoms with Gasteiger partial charge in [-0.1, -0.05) is 94.8 Å². The molecule has 40 heavy (non-hydrogen) atoms. The molecule has 1 aliphatic rings. The fraction of sp³-hybridized carbons (Fsp3) is 0.0606. The molecule has 1 aliphatic heterocycles. The van der Waals surface area contributed by atoms with E-state index in [0.29, 0.717) is 12.0 Å². The van der Waals surface area contributed by atoms with E-state index < -0.39 is 0 Å². The van der Waals surface area contributed by atoms with Crippen molar-refractivity contribution in [2.75, 3.05) is 0 Å². The lowest BCUT2D eigenvalue weighted by Crippen LogP contribution is -2.20. The molecule has 7 heteroatoms. The van der Waals surface area contributed by atoms with Crippen LogP contribution in [0.2, 0.25) is 0 Å². The van der Waals surface area contributed by atoms with E-state index in [4.69, 9.17) is 10.2 Å². The number of aromatic amines is 1. The molecule has 2 aromatic heterocycles. The third-order valence-electron chi connectivity index (χ3n) is 7.27. The van der Waals surface area contributed by atoms with Crippen molar-refractivity contribution in [1.82, 2.24) is 20.2 Å². The molecule has 0 fully saturated rings. The largest absolute Gasteiger partial charge is 0.321 e. The monoisotopic (exact) mass is 585 g/mol. The van der Waals surface area contributed by atoms with E-state index >= 15 is 0 Å². The van der Waals surface area contributed by atoms with Gasteiger partial charge in [-0.3, -0.25) is 4.79 Å². The van der Waals surface area contributed by atoms with Gasteiger partial charge in [-0.05, 0) is 35.9 Å². The van der Waals surface area contributed by atoms with Gasteiger partial charge in [0.1, 0.15) is 0 Å². The molecule has 1 unspecified atom stereocenters. The second-order valence-corrected chi connectivity index (χ2v) is 10.7. The van der Waals surface area contributed by atoms with E-state index in [9.17, 15) is 4.79 Å². The Balaban J connectivity index is 1.34. The van der Waals surface area contributed by atoms with Crippen molar-refractivity contribution in [3.63, 3.8) is 0 Å². The standard InChI is InChI=1S/C33H24BrN5O/c34-23-16-17-27-25(18-23)30(21-10-4-1-5-11-21)31(33(40)35-27)29-19-28(36-37-29)26-20-39(24-14-8-3-9-15-24)38-32(26)22-12-6-2-7-13-22/h1-18,20,28,36H,19H2,(H,35,40). The Hall–Kier alpha value is -4.75. The summed E-state index contributed by atoms with van der Waals surface area (Å²) in [6, 6.07) is 36.1. The molecule has 6 aromatic rings. The van der Waals surface area contributed by atoms with E-state index in [0.717, 1.165) is 54.7 Å². The molecule has 0 spiro atoms. The van der Waals surface area contributed by atoms with Crippen LogP contribution in [0.4, 0.5) is 0 Å². The summed E-state index contributed by atoms with van der Waals surface area (Å²) in [6.07, 6.45) is 2.61. The number of hydrazone groups is 1. The first-order chi connectivity index (χ1) is 19.7. The van der Waals surface area contributed by atoms with E-state index in [1.54, 1.807) is 0 Å². The normalized spacial score (nSPS) is 14.7. The van der Waals surface area contributed by atoms with E-state index in [1.807, 2.05) is 95.7 Å². The molecule has 0 bridgehead atoms. The Kier molecular flexibility index (Phi) is 6.13. The molecule has 0 aliphatic carbocycles. The maximum atomic E-state index is 13.6. The van der Waals surface area contributed by atoms with Crippen LogP contribution in [0.15, 0.2) is 130 Å². The number of rotatable bonds is 5. The van der Waals surface area contributed by atoms with Crippen LogP contribution < -0.4 is 11.0 Å². The van der Waals surface area contributed by atoms with Gasteiger partial charge in [-0.15, -0.1) is 0 Å². The Morgan fingerprint density at radius 2 is 1.48 bits per heavy atom. The van der Waals surface area contributed by atoms with Crippen LogP contribution in [0.25, 0.3) is 39.0 Å². The van der Waals surface area contributed by atoms with Crippen LogP contribution in [0.5, 0.6) is 0 Å². The van der Waals surface area contributed by atoms with Gasteiger partial charge >= 0.3 is 0 Å². The molecule has 3 heterocycles. The third-order valence-corrected chi connectivity index (χ3v) is 7.76. The van der Waals surface area contributed by atoms with Crippen LogP contribution in [0, 0.1) is 0 Å². The molecule has 1 atom stereocenters. The first-order valence-electron chi connectivity index (χ1n) is 13.1. The first kappa shape index (κ1) is 24.3. The molecule has 0 amide bonds. The van der Waals surface area contributed by atoms with Crippen LogP contribution in [0.3, 0.4) is 0 Å². The van der Waals surface area contributed by atoms with Crippen molar-refractivity contribution in [2.24, 2.45) is 5.10 Å². The minimum absolute atomic E-state index is 0.149. The fourth-order valence-electron chi connectivity index (χ4n) is 5.40. The van der Waals surface area contributed by atoms with E-state index in [1.165, 1.54) is 0 Å². The number of halogens is 1. The Labute approximate surface area is 239 Å². The van der Waals surface area contributed by atoms with Crippen molar-refractivity contribution in [1.29, 1.82) is 0 Å². The summed E-state index contributed by atoms with van der Waals surface area (Å²) in [7, 11) is 0. The highest BCUT2D eigenvalue weighted by atomic mass is 79.9. The topological polar surface area (TPSA) is 75.1 Å². The quantitative estimate of drug-likeness (QED) is 0.224. The minimum atomic E-state index is -0.155. The smallest absolute Gasteiger partial charge is 0.258 e. The highest BCUT2D eigenvalue weighted by Crippen LogP contribution is 2.36. The zero-order valence-corrected chi connectivity index (χ0v) is 23.0. The number of hydrogen-bond donors (Lipinski definition) is 2.